The third kappa shape index (κ3) is 3.37. The molecule has 0 radical (unpaired) electrons. The second-order valence-electron chi connectivity index (χ2n) is 14.8. The second kappa shape index (κ2) is 7.93. The van der Waals surface area contributed by atoms with Crippen LogP contribution in [-0.4, -0.2) is 37.4 Å². The summed E-state index contributed by atoms with van der Waals surface area (Å²) in [5.74, 6) is -0.0787. The first kappa shape index (κ1) is 26.9. The molecule has 9 atom stereocenters. The summed E-state index contributed by atoms with van der Waals surface area (Å²) >= 11 is 2.37. The first-order valence-corrected chi connectivity index (χ1v) is 14.6. The molecule has 194 valence electrons. The van der Waals surface area contributed by atoms with Crippen LogP contribution in [0.25, 0.3) is 0 Å². The van der Waals surface area contributed by atoms with E-state index in [9.17, 15) is 20.1 Å². The summed E-state index contributed by atoms with van der Waals surface area (Å²) < 4.78 is -0.231. The smallest absolute Gasteiger partial charge is 0.313 e. The molecule has 34 heavy (non-hydrogen) atoms. The van der Waals surface area contributed by atoms with Crippen LogP contribution >= 0.6 is 22.6 Å². The Morgan fingerprint density at radius 1 is 1.06 bits per heavy atom. The highest BCUT2D eigenvalue weighted by Gasteiger charge is 2.71. The van der Waals surface area contributed by atoms with Gasteiger partial charge in [-0.3, -0.25) is 4.79 Å². The number of hydrogen-bond donors (Lipinski definition) is 3. The summed E-state index contributed by atoms with van der Waals surface area (Å²) in [4.78, 5) is 12.9. The van der Waals surface area contributed by atoms with E-state index in [1.165, 1.54) is 5.57 Å². The zero-order valence-electron chi connectivity index (χ0n) is 22.5. The van der Waals surface area contributed by atoms with Gasteiger partial charge in [0.1, 0.15) is 5.41 Å². The zero-order chi connectivity index (χ0) is 25.7. The van der Waals surface area contributed by atoms with Crippen LogP contribution < -0.4 is 0 Å². The van der Waals surface area contributed by atoms with Crippen molar-refractivity contribution in [2.75, 3.05) is 0 Å². The topological polar surface area (TPSA) is 77.8 Å². The van der Waals surface area contributed by atoms with Gasteiger partial charge >= 0.3 is 5.97 Å². The molecule has 0 spiro atoms. The van der Waals surface area contributed by atoms with E-state index in [2.05, 4.69) is 84.1 Å². The average molecular weight is 587 g/mol. The fourth-order valence-corrected chi connectivity index (χ4v) is 11.0. The highest BCUT2D eigenvalue weighted by Crippen LogP contribution is 2.75. The lowest BCUT2D eigenvalue weighted by Crippen LogP contribution is -2.62. The Bertz CT molecular complexity index is 889. The van der Waals surface area contributed by atoms with Crippen molar-refractivity contribution in [1.29, 1.82) is 0 Å². The highest BCUT2D eigenvalue weighted by atomic mass is 127. The molecule has 4 rings (SSSR count). The van der Waals surface area contributed by atoms with Gasteiger partial charge in [-0.2, -0.15) is 0 Å². The van der Waals surface area contributed by atoms with Crippen molar-refractivity contribution < 1.29 is 20.1 Å². The molecule has 4 aliphatic rings. The lowest BCUT2D eigenvalue weighted by atomic mass is 9.40. The Morgan fingerprint density at radius 2 is 1.68 bits per heavy atom. The zero-order valence-corrected chi connectivity index (χ0v) is 24.7. The Morgan fingerprint density at radius 3 is 2.24 bits per heavy atom. The number of hydrogen-bond acceptors (Lipinski definition) is 3. The monoisotopic (exact) mass is 586 g/mol. The number of halogens is 1. The maximum absolute atomic E-state index is 12.9. The van der Waals surface area contributed by atoms with Crippen molar-refractivity contribution in [1.82, 2.24) is 0 Å². The Kier molecular flexibility index (Phi) is 6.28. The van der Waals surface area contributed by atoms with Gasteiger partial charge in [0.15, 0.2) is 0 Å². The molecule has 4 aliphatic carbocycles. The van der Waals surface area contributed by atoms with Crippen LogP contribution in [0.2, 0.25) is 0 Å². The summed E-state index contributed by atoms with van der Waals surface area (Å²) in [6.45, 7) is 18.1. The molecular weight excluding hydrogens is 539 g/mol. The molecule has 0 aromatic carbocycles. The van der Waals surface area contributed by atoms with Crippen LogP contribution in [0.1, 0.15) is 100 Å². The van der Waals surface area contributed by atoms with E-state index in [1.54, 1.807) is 0 Å². The third-order valence-corrected chi connectivity index (χ3v) is 13.5. The molecule has 0 aromatic rings. The molecule has 3 fully saturated rings. The summed E-state index contributed by atoms with van der Waals surface area (Å²) in [5.41, 5.74) is -0.135. The maximum Gasteiger partial charge on any atom is 0.313 e. The van der Waals surface area contributed by atoms with E-state index in [0.717, 1.165) is 32.1 Å². The SMILES string of the molecule is CC(C)(C)CC[C@]1(C(=O)O)C(O)CC2(C)C(=CC3C4(C)CC[C@H](O)C(C)(C)C4CCC32C)C1I. The second-order valence-corrected chi connectivity index (χ2v) is 16.1. The number of rotatable bonds is 3. The number of fused-ring (bicyclic) bond motifs is 5. The van der Waals surface area contributed by atoms with Gasteiger partial charge in [0.05, 0.1) is 16.1 Å². The Labute approximate surface area is 220 Å². The molecule has 0 saturated heterocycles. The molecule has 0 bridgehead atoms. The van der Waals surface area contributed by atoms with Gasteiger partial charge in [-0.05, 0) is 83.9 Å². The summed E-state index contributed by atoms with van der Waals surface area (Å²) in [6.07, 6.45) is 7.12. The lowest BCUT2D eigenvalue weighted by Gasteiger charge is -2.65. The lowest BCUT2D eigenvalue weighted by molar-refractivity contribution is -0.183. The van der Waals surface area contributed by atoms with Gasteiger partial charge in [-0.25, -0.2) is 0 Å². The number of aliphatic hydroxyl groups is 2. The van der Waals surface area contributed by atoms with Crippen LogP contribution in [0.3, 0.4) is 0 Å². The number of aliphatic carboxylic acids is 1. The molecule has 5 heteroatoms. The number of carboxylic acids is 1. The summed E-state index contributed by atoms with van der Waals surface area (Å²) in [7, 11) is 0. The van der Waals surface area contributed by atoms with Crippen molar-refractivity contribution in [3.05, 3.63) is 11.6 Å². The Balaban J connectivity index is 1.81. The van der Waals surface area contributed by atoms with Gasteiger partial charge in [-0.1, -0.05) is 89.6 Å². The van der Waals surface area contributed by atoms with Gasteiger partial charge in [0.2, 0.25) is 0 Å². The van der Waals surface area contributed by atoms with Crippen LogP contribution in [0.15, 0.2) is 11.6 Å². The molecular formula is C29H47IO4. The van der Waals surface area contributed by atoms with E-state index < -0.39 is 17.5 Å². The fourth-order valence-electron chi connectivity index (χ4n) is 9.13. The number of allylic oxidation sites excluding steroid dienone is 2. The molecule has 3 saturated carbocycles. The van der Waals surface area contributed by atoms with Crippen molar-refractivity contribution in [3.63, 3.8) is 0 Å². The van der Waals surface area contributed by atoms with Crippen molar-refractivity contribution >= 4 is 28.6 Å². The predicted octanol–water partition coefficient (Wildman–Crippen LogP) is 6.62. The van der Waals surface area contributed by atoms with Crippen LogP contribution in [0, 0.1) is 44.3 Å². The number of carboxylic acid groups (broad SMARTS) is 1. The van der Waals surface area contributed by atoms with E-state index in [1.807, 2.05) is 0 Å². The number of carbonyl (C=O) groups is 1. The summed E-state index contributed by atoms with van der Waals surface area (Å²) in [6, 6.07) is 0. The van der Waals surface area contributed by atoms with Crippen LogP contribution in [0.5, 0.6) is 0 Å². The van der Waals surface area contributed by atoms with Crippen LogP contribution in [0.4, 0.5) is 0 Å². The normalized spacial score (nSPS) is 50.1. The van der Waals surface area contributed by atoms with Gasteiger partial charge < -0.3 is 15.3 Å². The highest BCUT2D eigenvalue weighted by molar-refractivity contribution is 14.1. The predicted molar refractivity (Wildman–Crippen MR) is 145 cm³/mol. The largest absolute Gasteiger partial charge is 0.481 e. The molecule has 0 aliphatic heterocycles. The number of alkyl halides is 1. The Hall–Kier alpha value is -0.140. The molecule has 0 amide bonds. The van der Waals surface area contributed by atoms with E-state index in [-0.39, 0.29) is 37.1 Å². The van der Waals surface area contributed by atoms with E-state index in [0.29, 0.717) is 24.7 Å². The fraction of sp³-hybridized carbons (Fsp3) is 0.897. The number of aliphatic hydroxyl groups excluding tert-OH is 2. The minimum Gasteiger partial charge on any atom is -0.481 e. The molecule has 4 nitrogen and oxygen atoms in total. The van der Waals surface area contributed by atoms with Gasteiger partial charge in [-0.15, -0.1) is 0 Å². The summed E-state index contributed by atoms with van der Waals surface area (Å²) in [5, 5.41) is 33.1. The van der Waals surface area contributed by atoms with Crippen molar-refractivity contribution in [3.8, 4) is 0 Å². The minimum absolute atomic E-state index is 0.00888. The molecule has 3 N–H and O–H groups in total. The van der Waals surface area contributed by atoms with E-state index in [4.69, 9.17) is 0 Å². The maximum atomic E-state index is 12.9. The minimum atomic E-state index is -1.15. The van der Waals surface area contributed by atoms with Gasteiger partial charge in [0, 0.05) is 0 Å². The first-order chi connectivity index (χ1) is 15.4. The van der Waals surface area contributed by atoms with Crippen LogP contribution in [-0.2, 0) is 4.79 Å². The molecule has 0 aromatic heterocycles. The van der Waals surface area contributed by atoms with E-state index >= 15 is 0 Å². The molecule has 0 heterocycles. The molecule has 7 unspecified atom stereocenters. The standard InChI is InChI=1S/C29H47IO4/c1-24(2,3)13-14-29(23(33)34)21(32)16-28(8)17(22(29)30)15-19-26(6)11-10-20(31)25(4,5)18(26)9-12-27(19,28)7/h15,18-22,31-32H,9-14,16H2,1-8H3,(H,33,34)/t18?,19?,20-,21?,22?,26?,27?,28?,29-/m0/s1. The quantitative estimate of drug-likeness (QED) is 0.197. The van der Waals surface area contributed by atoms with Crippen molar-refractivity contribution in [2.45, 2.75) is 116 Å². The first-order valence-electron chi connectivity index (χ1n) is 13.3. The third-order valence-electron chi connectivity index (χ3n) is 11.7. The van der Waals surface area contributed by atoms with Crippen molar-refractivity contribution in [2.24, 2.45) is 44.3 Å². The average Bonchev–Trinajstić information content (AvgIpc) is 2.92. The van der Waals surface area contributed by atoms with Gasteiger partial charge in [0.25, 0.3) is 0 Å².